The Balaban J connectivity index is 2.36. The van der Waals surface area contributed by atoms with Gasteiger partial charge >= 0.3 is 12.4 Å². The third-order valence-corrected chi connectivity index (χ3v) is 4.32. The van der Waals surface area contributed by atoms with Gasteiger partial charge in [0.05, 0.1) is 17.0 Å². The number of hydrogen-bond acceptors (Lipinski definition) is 3. The van der Waals surface area contributed by atoms with Crippen LogP contribution in [0.1, 0.15) is 43.2 Å². The molecule has 1 aliphatic carbocycles. The average molecular weight is 408 g/mol. The molecular weight excluding hydrogens is 392 g/mol. The molecule has 0 heterocycles. The Morgan fingerprint density at radius 1 is 1.00 bits per heavy atom. The number of hydrogen-bond donors (Lipinski definition) is 1. The monoisotopic (exact) mass is 408 g/mol. The summed E-state index contributed by atoms with van der Waals surface area (Å²) in [6.45, 7) is 0. The number of carboxylic acid groups (broad SMARTS) is 1. The topological polar surface area (TPSA) is 69.2 Å². The first-order valence-electron chi connectivity index (χ1n) is 8.37. The molecule has 0 aromatic heterocycles. The van der Waals surface area contributed by atoms with Crippen molar-refractivity contribution in [1.82, 2.24) is 0 Å². The molecule has 0 spiro atoms. The van der Waals surface area contributed by atoms with Crippen LogP contribution >= 0.6 is 0 Å². The molecule has 1 amide bonds. The molecule has 0 saturated carbocycles. The molecule has 0 radical (unpaired) electrons. The predicted octanol–water partition coefficient (Wildman–Crippen LogP) is 3.92. The van der Waals surface area contributed by atoms with Crippen molar-refractivity contribution in [3.05, 3.63) is 41.0 Å². The molecule has 0 unspecified atom stereocenters. The maximum absolute atomic E-state index is 12.9. The second-order valence-corrected chi connectivity index (χ2v) is 6.44. The fraction of sp³-hybridized carbons (Fsp3) is 0.444. The molecule has 10 heteroatoms. The van der Waals surface area contributed by atoms with E-state index >= 15 is 0 Å². The second kappa shape index (κ2) is 8.24. The van der Waals surface area contributed by atoms with Crippen molar-refractivity contribution in [2.24, 2.45) is 5.92 Å². The number of carbonyl (C=O) groups excluding carboxylic acids is 2. The van der Waals surface area contributed by atoms with Crippen molar-refractivity contribution in [2.45, 2.75) is 44.5 Å². The molecule has 0 fully saturated rings. The van der Waals surface area contributed by atoms with Gasteiger partial charge in [0.25, 0.3) is 0 Å². The number of nitrogens with one attached hydrogen (secondary N) is 1. The summed E-state index contributed by atoms with van der Waals surface area (Å²) in [5, 5.41) is 13.0. The van der Waals surface area contributed by atoms with Gasteiger partial charge in [-0.3, -0.25) is 4.79 Å². The Morgan fingerprint density at radius 3 is 2.00 bits per heavy atom. The van der Waals surface area contributed by atoms with Gasteiger partial charge < -0.3 is 15.2 Å². The van der Waals surface area contributed by atoms with E-state index in [1.165, 1.54) is 0 Å². The van der Waals surface area contributed by atoms with Crippen LogP contribution in [0.4, 0.5) is 32.0 Å². The highest BCUT2D eigenvalue weighted by Crippen LogP contribution is 2.38. The number of amides is 1. The Hall–Kier alpha value is -2.52. The summed E-state index contributed by atoms with van der Waals surface area (Å²) in [4.78, 5) is 23.4. The minimum atomic E-state index is -5.06. The fourth-order valence-corrected chi connectivity index (χ4v) is 2.99. The third-order valence-electron chi connectivity index (χ3n) is 4.32. The van der Waals surface area contributed by atoms with Gasteiger partial charge in [0.2, 0.25) is 5.91 Å². The highest BCUT2D eigenvalue weighted by molar-refractivity contribution is 5.96. The summed E-state index contributed by atoms with van der Waals surface area (Å²) in [5.74, 6) is -3.77. The summed E-state index contributed by atoms with van der Waals surface area (Å²) < 4.78 is 77.5. The van der Waals surface area contributed by atoms with E-state index in [1.807, 2.05) is 5.32 Å². The van der Waals surface area contributed by atoms with E-state index in [-0.39, 0.29) is 6.07 Å². The lowest BCUT2D eigenvalue weighted by molar-refractivity contribution is -0.306. The molecule has 0 bridgehead atoms. The summed E-state index contributed by atoms with van der Waals surface area (Å²) in [6, 6.07) is 0.689. The quantitative estimate of drug-likeness (QED) is 0.593. The Bertz CT molecular complexity index is 750. The summed E-state index contributed by atoms with van der Waals surface area (Å²) >= 11 is 0. The lowest BCUT2D eigenvalue weighted by atomic mass is 9.86. The first-order chi connectivity index (χ1) is 12.9. The lowest BCUT2D eigenvalue weighted by Gasteiger charge is -2.23. The van der Waals surface area contributed by atoms with E-state index in [2.05, 4.69) is 0 Å². The molecular formula is C18H16F6NO3-. The van der Waals surface area contributed by atoms with Crippen LogP contribution in [0.15, 0.2) is 29.8 Å². The minimum absolute atomic E-state index is 0.0576. The second-order valence-electron chi connectivity index (χ2n) is 6.44. The van der Waals surface area contributed by atoms with E-state index in [1.54, 1.807) is 6.08 Å². The van der Waals surface area contributed by atoms with Gasteiger partial charge in [-0.25, -0.2) is 0 Å². The standard InChI is InChI=1S/C18H17F6NO3/c19-17(20,21)11-6-12(18(22,23)24)8-13(7-11)25-16(28)14(9-15(26)27)10-4-2-1-3-5-10/h4,6-8,14H,1-3,5,9H2,(H,25,28)(H,26,27)/p-1/t14-/m1/s1. The maximum Gasteiger partial charge on any atom is 0.416 e. The molecule has 28 heavy (non-hydrogen) atoms. The number of aliphatic carboxylic acids is 1. The van der Waals surface area contributed by atoms with Gasteiger partial charge in [-0.15, -0.1) is 0 Å². The molecule has 2 rings (SSSR count). The van der Waals surface area contributed by atoms with E-state index < -0.39 is 53.4 Å². The van der Waals surface area contributed by atoms with Crippen LogP contribution in [0.2, 0.25) is 0 Å². The molecule has 1 aromatic carbocycles. The molecule has 1 N–H and O–H groups in total. The van der Waals surface area contributed by atoms with Crippen molar-refractivity contribution < 1.29 is 41.0 Å². The number of rotatable bonds is 5. The van der Waals surface area contributed by atoms with E-state index in [9.17, 15) is 41.0 Å². The zero-order valence-electron chi connectivity index (χ0n) is 14.4. The molecule has 1 aromatic rings. The van der Waals surface area contributed by atoms with E-state index in [0.29, 0.717) is 37.0 Å². The number of halogens is 6. The third kappa shape index (κ3) is 5.74. The van der Waals surface area contributed by atoms with Gasteiger partial charge in [0.1, 0.15) is 0 Å². The van der Waals surface area contributed by atoms with Crippen molar-refractivity contribution in [2.75, 3.05) is 5.32 Å². The van der Waals surface area contributed by atoms with Crippen molar-refractivity contribution >= 4 is 17.6 Å². The number of carbonyl (C=O) groups is 2. The van der Waals surface area contributed by atoms with Gasteiger partial charge in [0, 0.05) is 18.1 Å². The molecule has 1 atom stereocenters. The summed E-state index contributed by atoms with van der Waals surface area (Å²) in [6.07, 6.45) is -6.60. The van der Waals surface area contributed by atoms with Crippen LogP contribution in [0.3, 0.4) is 0 Å². The van der Waals surface area contributed by atoms with E-state index in [4.69, 9.17) is 0 Å². The molecule has 1 aliphatic rings. The van der Waals surface area contributed by atoms with Gasteiger partial charge in [-0.2, -0.15) is 26.3 Å². The molecule has 154 valence electrons. The SMILES string of the molecule is O=C([O-])C[C@@H](C(=O)Nc1cc(C(F)(F)F)cc(C(F)(F)F)c1)C1=CCCCC1. The number of carboxylic acids is 1. The van der Waals surface area contributed by atoms with Crippen LogP contribution in [-0.4, -0.2) is 11.9 Å². The first kappa shape index (κ1) is 21.8. The Labute approximate surface area is 156 Å². The van der Waals surface area contributed by atoms with Crippen LogP contribution in [0.5, 0.6) is 0 Å². The molecule has 0 aliphatic heterocycles. The first-order valence-corrected chi connectivity index (χ1v) is 8.37. The Kier molecular flexibility index (Phi) is 6.41. The van der Waals surface area contributed by atoms with Gasteiger partial charge in [-0.1, -0.05) is 11.6 Å². The fourth-order valence-electron chi connectivity index (χ4n) is 2.99. The smallest absolute Gasteiger partial charge is 0.416 e. The number of allylic oxidation sites excluding steroid dienone is 1. The minimum Gasteiger partial charge on any atom is -0.550 e. The maximum atomic E-state index is 12.9. The van der Waals surface area contributed by atoms with Crippen LogP contribution in [-0.2, 0) is 21.9 Å². The lowest BCUT2D eigenvalue weighted by Crippen LogP contribution is -2.33. The van der Waals surface area contributed by atoms with Crippen LogP contribution in [0.25, 0.3) is 0 Å². The predicted molar refractivity (Wildman–Crippen MR) is 84.7 cm³/mol. The number of alkyl halides is 6. The largest absolute Gasteiger partial charge is 0.550 e. The summed E-state index contributed by atoms with van der Waals surface area (Å²) in [5.41, 5.74) is -3.39. The van der Waals surface area contributed by atoms with Crippen molar-refractivity contribution in [3.63, 3.8) is 0 Å². The van der Waals surface area contributed by atoms with Gasteiger partial charge in [-0.05, 0) is 43.9 Å². The van der Waals surface area contributed by atoms with E-state index in [0.717, 1.165) is 6.42 Å². The highest BCUT2D eigenvalue weighted by atomic mass is 19.4. The highest BCUT2D eigenvalue weighted by Gasteiger charge is 2.37. The Morgan fingerprint density at radius 2 is 1.57 bits per heavy atom. The van der Waals surface area contributed by atoms with Gasteiger partial charge in [0.15, 0.2) is 0 Å². The summed E-state index contributed by atoms with van der Waals surface area (Å²) in [7, 11) is 0. The van der Waals surface area contributed by atoms with Crippen LogP contribution < -0.4 is 10.4 Å². The van der Waals surface area contributed by atoms with Crippen molar-refractivity contribution in [1.29, 1.82) is 0 Å². The van der Waals surface area contributed by atoms with Crippen molar-refractivity contribution in [3.8, 4) is 0 Å². The van der Waals surface area contributed by atoms with Crippen LogP contribution in [0, 0.1) is 5.92 Å². The zero-order chi connectivity index (χ0) is 21.1. The zero-order valence-corrected chi connectivity index (χ0v) is 14.4. The normalized spacial score (nSPS) is 16.3. The molecule has 0 saturated heterocycles. The average Bonchev–Trinajstić information content (AvgIpc) is 2.58. The number of anilines is 1. The number of benzene rings is 1. The molecule has 4 nitrogen and oxygen atoms in total.